The van der Waals surface area contributed by atoms with Crippen LogP contribution >= 0.6 is 27.7 Å². The standard InChI is InChI=1S/C18H13BrS/c19-18(12-4-7-14-6-3-9-16(14)18)20-17-11-10-13-5-1-2-8-15(13)17/h1-12,17H. The lowest BCUT2D eigenvalue weighted by molar-refractivity contribution is 1.16. The Balaban J connectivity index is 1.66. The number of rotatable bonds is 2. The monoisotopic (exact) mass is 340 g/mol. The summed E-state index contributed by atoms with van der Waals surface area (Å²) in [7, 11) is 0. The maximum atomic E-state index is 3.96. The van der Waals surface area contributed by atoms with Gasteiger partial charge in [-0.05, 0) is 22.3 Å². The molecule has 4 rings (SSSR count). The second kappa shape index (κ2) is 4.64. The number of hydrogen-bond donors (Lipinski definition) is 0. The third kappa shape index (κ3) is 1.90. The van der Waals surface area contributed by atoms with Crippen molar-refractivity contribution in [2.24, 2.45) is 0 Å². The molecule has 0 bridgehead atoms. The average molecular weight is 341 g/mol. The summed E-state index contributed by atoms with van der Waals surface area (Å²) < 4.78 is -0.132. The van der Waals surface area contributed by atoms with Gasteiger partial charge >= 0.3 is 0 Å². The minimum Gasteiger partial charge on any atom is -0.122 e. The van der Waals surface area contributed by atoms with Gasteiger partial charge in [-0.1, -0.05) is 88.8 Å². The molecular weight excluding hydrogens is 328 g/mol. The normalized spacial score (nSPS) is 29.1. The van der Waals surface area contributed by atoms with E-state index in [0.717, 1.165) is 0 Å². The van der Waals surface area contributed by atoms with Crippen molar-refractivity contribution in [2.45, 2.75) is 8.91 Å². The fourth-order valence-corrected chi connectivity index (χ4v) is 5.32. The number of thioether (sulfide) groups is 1. The highest BCUT2D eigenvalue weighted by Crippen LogP contribution is 2.54. The van der Waals surface area contributed by atoms with Crippen molar-refractivity contribution in [1.29, 1.82) is 0 Å². The number of halogens is 1. The van der Waals surface area contributed by atoms with Crippen molar-refractivity contribution in [1.82, 2.24) is 0 Å². The lowest BCUT2D eigenvalue weighted by Crippen LogP contribution is -2.19. The molecule has 3 aliphatic rings. The summed E-state index contributed by atoms with van der Waals surface area (Å²) in [6.45, 7) is 0. The van der Waals surface area contributed by atoms with Gasteiger partial charge in [0, 0.05) is 0 Å². The summed E-state index contributed by atoms with van der Waals surface area (Å²) in [4.78, 5) is 0. The van der Waals surface area contributed by atoms with Gasteiger partial charge in [-0.3, -0.25) is 0 Å². The van der Waals surface area contributed by atoms with Gasteiger partial charge in [-0.15, -0.1) is 11.8 Å². The molecule has 20 heavy (non-hydrogen) atoms. The molecule has 0 nitrogen and oxygen atoms in total. The highest BCUT2D eigenvalue weighted by molar-refractivity contribution is 9.12. The molecule has 0 saturated carbocycles. The summed E-state index contributed by atoms with van der Waals surface area (Å²) in [5.41, 5.74) is 5.41. The van der Waals surface area contributed by atoms with E-state index in [1.807, 2.05) is 11.8 Å². The molecule has 0 aromatic heterocycles. The predicted molar refractivity (Wildman–Crippen MR) is 91.9 cm³/mol. The minimum atomic E-state index is -0.132. The Hall–Kier alpha value is -1.25. The number of fused-ring (bicyclic) bond motifs is 2. The highest BCUT2D eigenvalue weighted by atomic mass is 79.9. The quantitative estimate of drug-likeness (QED) is 0.634. The van der Waals surface area contributed by atoms with Crippen LogP contribution < -0.4 is 0 Å². The van der Waals surface area contributed by atoms with E-state index in [1.165, 1.54) is 22.3 Å². The van der Waals surface area contributed by atoms with Crippen molar-refractivity contribution in [3.8, 4) is 0 Å². The summed E-state index contributed by atoms with van der Waals surface area (Å²) in [6.07, 6.45) is 17.6. The smallest absolute Gasteiger partial charge is 0.116 e. The van der Waals surface area contributed by atoms with E-state index < -0.39 is 0 Å². The maximum absolute atomic E-state index is 3.96. The molecule has 0 radical (unpaired) electrons. The van der Waals surface area contributed by atoms with E-state index in [4.69, 9.17) is 0 Å². The molecule has 2 atom stereocenters. The zero-order chi connectivity index (χ0) is 13.6. The zero-order valence-electron chi connectivity index (χ0n) is 10.8. The van der Waals surface area contributed by atoms with Gasteiger partial charge in [0.25, 0.3) is 0 Å². The van der Waals surface area contributed by atoms with Crippen LogP contribution in [-0.2, 0) is 0 Å². The molecule has 0 saturated heterocycles. The fraction of sp³-hybridized carbons (Fsp3) is 0.111. The van der Waals surface area contributed by atoms with E-state index in [0.29, 0.717) is 5.25 Å². The summed E-state index contributed by atoms with van der Waals surface area (Å²) in [5.74, 6) is 0. The molecule has 2 unspecified atom stereocenters. The minimum absolute atomic E-state index is 0.132. The Kier molecular flexibility index (Phi) is 2.90. The van der Waals surface area contributed by atoms with Crippen LogP contribution in [0.1, 0.15) is 16.4 Å². The molecule has 0 spiro atoms. The fourth-order valence-electron chi connectivity index (χ4n) is 2.86. The molecule has 3 aliphatic carbocycles. The van der Waals surface area contributed by atoms with Crippen molar-refractivity contribution >= 4 is 33.8 Å². The first-order chi connectivity index (χ1) is 9.76. The first kappa shape index (κ1) is 12.5. The molecule has 0 N–H and O–H groups in total. The molecule has 0 heterocycles. The van der Waals surface area contributed by atoms with Gasteiger partial charge in [-0.2, -0.15) is 0 Å². The summed E-state index contributed by atoms with van der Waals surface area (Å²) in [6, 6.07) is 8.64. The van der Waals surface area contributed by atoms with E-state index >= 15 is 0 Å². The molecule has 1 aromatic rings. The van der Waals surface area contributed by atoms with Crippen LogP contribution in [0.4, 0.5) is 0 Å². The largest absolute Gasteiger partial charge is 0.122 e. The number of benzene rings is 1. The van der Waals surface area contributed by atoms with Crippen molar-refractivity contribution in [3.63, 3.8) is 0 Å². The Morgan fingerprint density at radius 2 is 1.95 bits per heavy atom. The Bertz CT molecular complexity index is 721. The first-order valence-corrected chi connectivity index (χ1v) is 8.36. The molecule has 2 heteroatoms. The maximum Gasteiger partial charge on any atom is 0.116 e. The van der Waals surface area contributed by atoms with Crippen molar-refractivity contribution in [3.05, 3.63) is 89.1 Å². The second-order valence-corrected chi connectivity index (χ2v) is 8.26. The zero-order valence-corrected chi connectivity index (χ0v) is 13.2. The van der Waals surface area contributed by atoms with Crippen LogP contribution in [-0.4, -0.2) is 3.66 Å². The topological polar surface area (TPSA) is 0 Å². The van der Waals surface area contributed by atoms with E-state index in [-0.39, 0.29) is 3.66 Å². The number of alkyl halides is 1. The van der Waals surface area contributed by atoms with Crippen LogP contribution in [0, 0.1) is 0 Å². The first-order valence-electron chi connectivity index (χ1n) is 6.69. The molecular formula is C18H13BrS. The Morgan fingerprint density at radius 1 is 1.05 bits per heavy atom. The van der Waals surface area contributed by atoms with Gasteiger partial charge in [-0.25, -0.2) is 0 Å². The number of allylic oxidation sites excluding steroid dienone is 6. The van der Waals surface area contributed by atoms with E-state index in [2.05, 4.69) is 88.8 Å². The molecule has 0 aliphatic heterocycles. The van der Waals surface area contributed by atoms with Gasteiger partial charge in [0.05, 0.1) is 5.25 Å². The third-order valence-corrected chi connectivity index (χ3v) is 6.47. The lowest BCUT2D eigenvalue weighted by Gasteiger charge is -2.31. The van der Waals surface area contributed by atoms with Crippen molar-refractivity contribution < 1.29 is 0 Å². The Labute approximate surface area is 131 Å². The van der Waals surface area contributed by atoms with E-state index in [9.17, 15) is 0 Å². The third-order valence-electron chi connectivity index (χ3n) is 3.85. The van der Waals surface area contributed by atoms with Gasteiger partial charge in [0.1, 0.15) is 3.66 Å². The van der Waals surface area contributed by atoms with Gasteiger partial charge in [0.2, 0.25) is 0 Å². The molecule has 0 amide bonds. The predicted octanol–water partition coefficient (Wildman–Crippen LogP) is 5.57. The van der Waals surface area contributed by atoms with E-state index in [1.54, 1.807) is 0 Å². The summed E-state index contributed by atoms with van der Waals surface area (Å²) in [5, 5.41) is 0.399. The van der Waals surface area contributed by atoms with Gasteiger partial charge < -0.3 is 0 Å². The second-order valence-electron chi connectivity index (χ2n) is 5.09. The lowest BCUT2D eigenvalue weighted by atomic mass is 10.0. The van der Waals surface area contributed by atoms with Gasteiger partial charge in [0.15, 0.2) is 0 Å². The SMILES string of the molecule is BrC1(SC2C=Cc3ccccc32)C=CC=C2C=CC=C21. The number of hydrogen-bond acceptors (Lipinski definition) is 1. The van der Waals surface area contributed by atoms with Crippen LogP contribution in [0.2, 0.25) is 0 Å². The molecule has 1 aromatic carbocycles. The Morgan fingerprint density at radius 3 is 2.90 bits per heavy atom. The van der Waals surface area contributed by atoms with Crippen LogP contribution in [0.3, 0.4) is 0 Å². The molecule has 0 fully saturated rings. The van der Waals surface area contributed by atoms with Crippen molar-refractivity contribution in [2.75, 3.05) is 0 Å². The summed E-state index contributed by atoms with van der Waals surface area (Å²) >= 11 is 5.90. The average Bonchev–Trinajstić information content (AvgIpc) is 3.07. The van der Waals surface area contributed by atoms with Crippen LogP contribution in [0.5, 0.6) is 0 Å². The molecule has 98 valence electrons. The van der Waals surface area contributed by atoms with Crippen LogP contribution in [0.25, 0.3) is 6.08 Å². The van der Waals surface area contributed by atoms with Crippen LogP contribution in [0.15, 0.2) is 77.9 Å². The highest BCUT2D eigenvalue weighted by Gasteiger charge is 2.36.